The first-order chi connectivity index (χ1) is 8.50. The molecule has 0 unspecified atom stereocenters. The normalized spacial score (nSPS) is 11.7. The van der Waals surface area contributed by atoms with E-state index in [1.54, 1.807) is 24.7 Å². The van der Waals surface area contributed by atoms with E-state index in [9.17, 15) is 8.42 Å². The van der Waals surface area contributed by atoms with Gasteiger partial charge < -0.3 is 4.57 Å². The van der Waals surface area contributed by atoms with E-state index in [1.165, 1.54) is 12.1 Å². The summed E-state index contributed by atoms with van der Waals surface area (Å²) in [5, 5.41) is 5.03. The molecule has 1 aromatic heterocycles. The van der Waals surface area contributed by atoms with E-state index in [1.807, 2.05) is 4.57 Å². The fourth-order valence-electron chi connectivity index (χ4n) is 1.58. The molecule has 0 radical (unpaired) electrons. The molecule has 0 aliphatic carbocycles. The molecule has 0 bridgehead atoms. The zero-order valence-corrected chi connectivity index (χ0v) is 11.0. The molecule has 0 aliphatic heterocycles. The summed E-state index contributed by atoms with van der Waals surface area (Å²) in [6.45, 7) is 0.590. The number of sulfonamides is 1. The smallest absolute Gasteiger partial charge is 0.238 e. The van der Waals surface area contributed by atoms with E-state index in [-0.39, 0.29) is 4.90 Å². The van der Waals surface area contributed by atoms with Gasteiger partial charge in [0.05, 0.1) is 22.8 Å². The van der Waals surface area contributed by atoms with Crippen LogP contribution in [0.4, 0.5) is 0 Å². The Balaban J connectivity index is 2.21. The Kier molecular flexibility index (Phi) is 3.70. The third-order valence-electron chi connectivity index (χ3n) is 2.54. The molecule has 2 rings (SSSR count). The van der Waals surface area contributed by atoms with E-state index in [2.05, 4.69) is 4.98 Å². The van der Waals surface area contributed by atoms with Crippen LogP contribution in [0.15, 0.2) is 41.7 Å². The molecule has 0 spiro atoms. The highest BCUT2D eigenvalue weighted by Gasteiger charge is 2.07. The summed E-state index contributed by atoms with van der Waals surface area (Å²) in [6.07, 6.45) is 3.39. The maximum absolute atomic E-state index is 11.1. The Bertz CT molecular complexity index is 635. The Morgan fingerprint density at radius 3 is 2.50 bits per heavy atom. The number of primary sulfonamides is 1. The van der Waals surface area contributed by atoms with Gasteiger partial charge >= 0.3 is 0 Å². The number of benzene rings is 1. The van der Waals surface area contributed by atoms with E-state index in [0.29, 0.717) is 12.4 Å². The Labute approximate surface area is 110 Å². The molecular weight excluding hydrogens is 274 g/mol. The van der Waals surface area contributed by atoms with Crippen LogP contribution in [0.2, 0.25) is 0 Å². The summed E-state index contributed by atoms with van der Waals surface area (Å²) in [4.78, 5) is 4.11. The summed E-state index contributed by atoms with van der Waals surface area (Å²) >= 11 is 5.77. The molecule has 0 atom stereocenters. The fourth-order valence-corrected chi connectivity index (χ4v) is 2.32. The van der Waals surface area contributed by atoms with Crippen molar-refractivity contribution in [2.24, 2.45) is 5.14 Å². The second-order valence-corrected chi connectivity index (χ2v) is 5.66. The molecular formula is C11H12ClN3O2S. The van der Waals surface area contributed by atoms with Gasteiger partial charge in [-0.25, -0.2) is 18.5 Å². The van der Waals surface area contributed by atoms with Crippen LogP contribution < -0.4 is 5.14 Å². The molecule has 2 aromatic rings. The zero-order valence-electron chi connectivity index (χ0n) is 9.45. The quantitative estimate of drug-likeness (QED) is 0.861. The Morgan fingerprint density at radius 1 is 1.28 bits per heavy atom. The molecule has 0 aliphatic rings. The fraction of sp³-hybridized carbons (Fsp3) is 0.182. The Hall–Kier alpha value is -1.37. The van der Waals surface area contributed by atoms with Gasteiger partial charge in [-0.05, 0) is 17.7 Å². The number of hydrogen-bond donors (Lipinski definition) is 1. The Morgan fingerprint density at radius 2 is 1.94 bits per heavy atom. The van der Waals surface area contributed by atoms with Gasteiger partial charge in [0.1, 0.15) is 0 Å². The lowest BCUT2D eigenvalue weighted by molar-refractivity contribution is 0.597. The van der Waals surface area contributed by atoms with Crippen LogP contribution in [-0.4, -0.2) is 18.0 Å². The van der Waals surface area contributed by atoms with Crippen molar-refractivity contribution in [3.05, 3.63) is 48.0 Å². The topological polar surface area (TPSA) is 78.0 Å². The number of halogens is 1. The van der Waals surface area contributed by atoms with Crippen molar-refractivity contribution in [3.63, 3.8) is 0 Å². The van der Waals surface area contributed by atoms with Crippen LogP contribution >= 0.6 is 11.6 Å². The number of aromatic nitrogens is 2. The molecule has 5 nitrogen and oxygen atoms in total. The highest BCUT2D eigenvalue weighted by atomic mass is 35.5. The standard InChI is InChI=1S/C11H12ClN3O2S/c12-5-10-6-14-8-15(10)7-9-1-3-11(4-2-9)18(13,16)17/h1-4,6,8H,5,7H2,(H2,13,16,17). The zero-order chi connectivity index (χ0) is 13.2. The first-order valence-corrected chi connectivity index (χ1v) is 7.25. The summed E-state index contributed by atoms with van der Waals surface area (Å²) in [7, 11) is -3.63. The lowest BCUT2D eigenvalue weighted by Gasteiger charge is -2.06. The van der Waals surface area contributed by atoms with Gasteiger partial charge in [0.2, 0.25) is 10.0 Å². The second kappa shape index (κ2) is 5.09. The van der Waals surface area contributed by atoms with Crippen LogP contribution in [0.3, 0.4) is 0 Å². The first-order valence-electron chi connectivity index (χ1n) is 5.17. The van der Waals surface area contributed by atoms with Crippen molar-refractivity contribution in [1.29, 1.82) is 0 Å². The van der Waals surface area contributed by atoms with E-state index >= 15 is 0 Å². The molecule has 0 saturated heterocycles. The molecule has 96 valence electrons. The predicted molar refractivity (Wildman–Crippen MR) is 68.7 cm³/mol. The third kappa shape index (κ3) is 2.90. The average molecular weight is 286 g/mol. The van der Waals surface area contributed by atoms with Crippen molar-refractivity contribution in [2.45, 2.75) is 17.3 Å². The number of nitrogens with two attached hydrogens (primary N) is 1. The molecule has 2 N–H and O–H groups in total. The SMILES string of the molecule is NS(=O)(=O)c1ccc(Cn2cncc2CCl)cc1. The molecule has 1 aromatic carbocycles. The van der Waals surface area contributed by atoms with Gasteiger partial charge in [0.25, 0.3) is 0 Å². The lowest BCUT2D eigenvalue weighted by Crippen LogP contribution is -2.12. The van der Waals surface area contributed by atoms with Crippen LogP contribution in [0, 0.1) is 0 Å². The van der Waals surface area contributed by atoms with Gasteiger partial charge in [-0.3, -0.25) is 0 Å². The average Bonchev–Trinajstić information content (AvgIpc) is 2.76. The van der Waals surface area contributed by atoms with Gasteiger partial charge in [-0.15, -0.1) is 11.6 Å². The van der Waals surface area contributed by atoms with Gasteiger partial charge in [0.15, 0.2) is 0 Å². The van der Waals surface area contributed by atoms with E-state index < -0.39 is 10.0 Å². The van der Waals surface area contributed by atoms with Gasteiger partial charge in [0, 0.05) is 12.7 Å². The van der Waals surface area contributed by atoms with Crippen molar-refractivity contribution < 1.29 is 8.42 Å². The van der Waals surface area contributed by atoms with E-state index in [4.69, 9.17) is 16.7 Å². The summed E-state index contributed by atoms with van der Waals surface area (Å²) in [5.41, 5.74) is 1.86. The molecule has 0 saturated carbocycles. The first kappa shape index (κ1) is 13.1. The number of hydrogen-bond acceptors (Lipinski definition) is 3. The maximum Gasteiger partial charge on any atom is 0.238 e. The minimum atomic E-state index is -3.63. The lowest BCUT2D eigenvalue weighted by atomic mass is 10.2. The number of imidazole rings is 1. The van der Waals surface area contributed by atoms with Crippen LogP contribution in [-0.2, 0) is 22.4 Å². The van der Waals surface area contributed by atoms with Crippen LogP contribution in [0.1, 0.15) is 11.3 Å². The largest absolute Gasteiger partial charge is 0.329 e. The van der Waals surface area contributed by atoms with Crippen molar-refractivity contribution in [1.82, 2.24) is 9.55 Å². The second-order valence-electron chi connectivity index (χ2n) is 3.84. The van der Waals surface area contributed by atoms with Crippen LogP contribution in [0.25, 0.3) is 0 Å². The van der Waals surface area contributed by atoms with Gasteiger partial charge in [-0.2, -0.15) is 0 Å². The van der Waals surface area contributed by atoms with Gasteiger partial charge in [-0.1, -0.05) is 12.1 Å². The third-order valence-corrected chi connectivity index (χ3v) is 3.74. The van der Waals surface area contributed by atoms with Crippen molar-refractivity contribution >= 4 is 21.6 Å². The molecule has 0 fully saturated rings. The predicted octanol–water partition coefficient (Wildman–Crippen LogP) is 1.32. The highest BCUT2D eigenvalue weighted by molar-refractivity contribution is 7.89. The summed E-state index contributed by atoms with van der Waals surface area (Å²) in [5.74, 6) is 0.384. The summed E-state index contributed by atoms with van der Waals surface area (Å²) in [6, 6.07) is 6.42. The maximum atomic E-state index is 11.1. The number of alkyl halides is 1. The highest BCUT2D eigenvalue weighted by Crippen LogP contribution is 2.12. The summed E-state index contributed by atoms with van der Waals surface area (Å²) < 4.78 is 24.1. The van der Waals surface area contributed by atoms with Crippen molar-refractivity contribution in [2.75, 3.05) is 0 Å². The monoisotopic (exact) mass is 285 g/mol. The molecule has 1 heterocycles. The number of rotatable bonds is 4. The molecule has 7 heteroatoms. The van der Waals surface area contributed by atoms with Crippen molar-refractivity contribution in [3.8, 4) is 0 Å². The number of nitrogens with zero attached hydrogens (tertiary/aromatic N) is 2. The van der Waals surface area contributed by atoms with Crippen LogP contribution in [0.5, 0.6) is 0 Å². The minimum absolute atomic E-state index is 0.106. The minimum Gasteiger partial charge on any atom is -0.329 e. The molecule has 18 heavy (non-hydrogen) atoms. The molecule has 0 amide bonds. The van der Waals surface area contributed by atoms with E-state index in [0.717, 1.165) is 11.3 Å².